The fourth-order valence-electron chi connectivity index (χ4n) is 1.50. The summed E-state index contributed by atoms with van der Waals surface area (Å²) in [6, 6.07) is 0.862. The Morgan fingerprint density at radius 2 is 1.86 bits per heavy atom. The molecule has 14 heavy (non-hydrogen) atoms. The highest BCUT2D eigenvalue weighted by atomic mass is 16.5. The van der Waals surface area contributed by atoms with E-state index in [1.807, 2.05) is 0 Å². The van der Waals surface area contributed by atoms with Crippen LogP contribution in [0.3, 0.4) is 0 Å². The Labute approximate surface area is 87.8 Å². The highest BCUT2D eigenvalue weighted by Gasteiger charge is 2.14. The normalized spacial score (nSPS) is 15.9. The van der Waals surface area contributed by atoms with Crippen molar-refractivity contribution in [2.45, 2.75) is 45.7 Å². The zero-order valence-electron chi connectivity index (χ0n) is 9.92. The zero-order valence-corrected chi connectivity index (χ0v) is 9.92. The van der Waals surface area contributed by atoms with E-state index in [1.165, 1.54) is 0 Å². The van der Waals surface area contributed by atoms with Gasteiger partial charge in [0.1, 0.15) is 0 Å². The van der Waals surface area contributed by atoms with Crippen molar-refractivity contribution in [1.82, 2.24) is 5.32 Å². The number of hydrogen-bond acceptors (Lipinski definition) is 3. The van der Waals surface area contributed by atoms with Crippen molar-refractivity contribution in [2.24, 2.45) is 5.92 Å². The molecule has 0 aromatic heterocycles. The van der Waals surface area contributed by atoms with Crippen molar-refractivity contribution >= 4 is 0 Å². The van der Waals surface area contributed by atoms with E-state index in [0.717, 1.165) is 19.4 Å². The van der Waals surface area contributed by atoms with Crippen molar-refractivity contribution in [2.75, 3.05) is 20.3 Å². The van der Waals surface area contributed by atoms with Gasteiger partial charge in [-0.15, -0.1) is 0 Å². The number of nitrogens with one attached hydrogen (secondary N) is 1. The lowest BCUT2D eigenvalue weighted by molar-refractivity contribution is 0.167. The van der Waals surface area contributed by atoms with Gasteiger partial charge >= 0.3 is 0 Å². The highest BCUT2D eigenvalue weighted by Crippen LogP contribution is 2.08. The fraction of sp³-hybridized carbons (Fsp3) is 1.00. The third-order valence-electron chi connectivity index (χ3n) is 2.50. The molecule has 2 atom stereocenters. The van der Waals surface area contributed by atoms with Crippen LogP contribution in [-0.2, 0) is 4.74 Å². The molecule has 0 aliphatic rings. The van der Waals surface area contributed by atoms with E-state index in [-0.39, 0.29) is 6.61 Å². The quantitative estimate of drug-likeness (QED) is 0.626. The molecule has 86 valence electrons. The highest BCUT2D eigenvalue weighted by molar-refractivity contribution is 4.74. The number of rotatable bonds is 8. The van der Waals surface area contributed by atoms with Crippen LogP contribution < -0.4 is 5.32 Å². The molecule has 1 unspecified atom stereocenters. The minimum absolute atomic E-state index is 0.253. The van der Waals surface area contributed by atoms with E-state index in [4.69, 9.17) is 9.84 Å². The summed E-state index contributed by atoms with van der Waals surface area (Å²) >= 11 is 0. The Hall–Kier alpha value is -0.120. The molecule has 0 saturated heterocycles. The summed E-state index contributed by atoms with van der Waals surface area (Å²) in [5.74, 6) is 0.603. The van der Waals surface area contributed by atoms with Gasteiger partial charge in [-0.2, -0.15) is 0 Å². The van der Waals surface area contributed by atoms with Crippen LogP contribution in [-0.4, -0.2) is 37.5 Å². The molecule has 0 saturated carbocycles. The molecule has 0 spiro atoms. The molecule has 0 heterocycles. The molecule has 0 radical (unpaired) electrons. The summed E-state index contributed by atoms with van der Waals surface area (Å²) in [5, 5.41) is 12.3. The number of aliphatic hydroxyl groups excluding tert-OH is 1. The molecule has 0 aliphatic carbocycles. The van der Waals surface area contributed by atoms with Gasteiger partial charge in [0.15, 0.2) is 0 Å². The van der Waals surface area contributed by atoms with Crippen LogP contribution in [0.15, 0.2) is 0 Å². The largest absolute Gasteiger partial charge is 0.396 e. The summed E-state index contributed by atoms with van der Waals surface area (Å²) in [4.78, 5) is 0. The van der Waals surface area contributed by atoms with Gasteiger partial charge in [0.2, 0.25) is 0 Å². The molecular formula is C11H25NO2. The van der Waals surface area contributed by atoms with Gasteiger partial charge in [-0.1, -0.05) is 13.8 Å². The average molecular weight is 203 g/mol. The van der Waals surface area contributed by atoms with Gasteiger partial charge in [0.25, 0.3) is 0 Å². The topological polar surface area (TPSA) is 41.5 Å². The van der Waals surface area contributed by atoms with Gasteiger partial charge in [-0.3, -0.25) is 0 Å². The van der Waals surface area contributed by atoms with Gasteiger partial charge in [0, 0.05) is 32.4 Å². The molecule has 0 aliphatic heterocycles. The molecule has 3 heteroatoms. The van der Waals surface area contributed by atoms with Crippen molar-refractivity contribution in [3.63, 3.8) is 0 Å². The summed E-state index contributed by atoms with van der Waals surface area (Å²) in [5.41, 5.74) is 0. The van der Waals surface area contributed by atoms with Gasteiger partial charge in [-0.05, 0) is 25.7 Å². The Morgan fingerprint density at radius 1 is 1.21 bits per heavy atom. The number of aliphatic hydroxyl groups is 1. The molecule has 3 nitrogen and oxygen atoms in total. The lowest BCUT2D eigenvalue weighted by Gasteiger charge is -2.26. The number of ether oxygens (including phenoxy) is 1. The monoisotopic (exact) mass is 203 g/mol. The van der Waals surface area contributed by atoms with Crippen LogP contribution in [0.2, 0.25) is 0 Å². The first-order valence-electron chi connectivity index (χ1n) is 5.47. The molecular weight excluding hydrogens is 178 g/mol. The van der Waals surface area contributed by atoms with Crippen LogP contribution in [0.1, 0.15) is 33.6 Å². The smallest absolute Gasteiger partial charge is 0.0477 e. The second-order valence-corrected chi connectivity index (χ2v) is 4.21. The molecule has 0 rings (SSSR count). The van der Waals surface area contributed by atoms with E-state index in [9.17, 15) is 0 Å². The van der Waals surface area contributed by atoms with Crippen molar-refractivity contribution in [1.29, 1.82) is 0 Å². The van der Waals surface area contributed by atoms with Crippen LogP contribution in [0, 0.1) is 5.92 Å². The van der Waals surface area contributed by atoms with Crippen LogP contribution >= 0.6 is 0 Å². The molecule has 0 fully saturated rings. The molecule has 0 amide bonds. The molecule has 0 aromatic carbocycles. The molecule has 0 bridgehead atoms. The second-order valence-electron chi connectivity index (χ2n) is 4.21. The van der Waals surface area contributed by atoms with Gasteiger partial charge in [0.05, 0.1) is 0 Å². The Morgan fingerprint density at radius 3 is 2.29 bits per heavy atom. The van der Waals surface area contributed by atoms with Crippen molar-refractivity contribution < 1.29 is 9.84 Å². The van der Waals surface area contributed by atoms with E-state index in [1.54, 1.807) is 7.11 Å². The molecule has 0 aromatic rings. The van der Waals surface area contributed by atoms with E-state index < -0.39 is 0 Å². The maximum atomic E-state index is 8.80. The first kappa shape index (κ1) is 13.9. The lowest BCUT2D eigenvalue weighted by Crippen LogP contribution is -2.41. The maximum absolute atomic E-state index is 8.80. The maximum Gasteiger partial charge on any atom is 0.0477 e. The minimum Gasteiger partial charge on any atom is -0.396 e. The van der Waals surface area contributed by atoms with Gasteiger partial charge < -0.3 is 15.2 Å². The van der Waals surface area contributed by atoms with Crippen LogP contribution in [0.5, 0.6) is 0 Å². The predicted octanol–water partition coefficient (Wildman–Crippen LogP) is 1.41. The minimum atomic E-state index is 0.253. The zero-order chi connectivity index (χ0) is 11.0. The summed E-state index contributed by atoms with van der Waals surface area (Å²) in [6.07, 6.45) is 1.85. The van der Waals surface area contributed by atoms with Gasteiger partial charge in [-0.25, -0.2) is 0 Å². The SMILES string of the molecule is COCCC(N[C@H](C)CCO)C(C)C. The standard InChI is InChI=1S/C11H25NO2/c1-9(2)11(6-8-14-4)12-10(3)5-7-13/h9-13H,5-8H2,1-4H3/t10-,11?/m1/s1. The van der Waals surface area contributed by atoms with E-state index in [2.05, 4.69) is 26.1 Å². The molecule has 2 N–H and O–H groups in total. The predicted molar refractivity (Wildman–Crippen MR) is 59.4 cm³/mol. The fourth-order valence-corrected chi connectivity index (χ4v) is 1.50. The summed E-state index contributed by atoms with van der Waals surface area (Å²) in [6.45, 7) is 7.57. The van der Waals surface area contributed by atoms with Crippen LogP contribution in [0.25, 0.3) is 0 Å². The number of methoxy groups -OCH3 is 1. The Kier molecular flexibility index (Phi) is 8.14. The number of hydrogen-bond donors (Lipinski definition) is 2. The van der Waals surface area contributed by atoms with E-state index >= 15 is 0 Å². The van der Waals surface area contributed by atoms with E-state index in [0.29, 0.717) is 18.0 Å². The third-order valence-corrected chi connectivity index (χ3v) is 2.50. The summed E-state index contributed by atoms with van der Waals surface area (Å²) < 4.78 is 5.07. The average Bonchev–Trinajstić information content (AvgIpc) is 2.12. The van der Waals surface area contributed by atoms with Crippen LogP contribution in [0.4, 0.5) is 0 Å². The second kappa shape index (κ2) is 8.21. The Balaban J connectivity index is 3.82. The first-order valence-corrected chi connectivity index (χ1v) is 5.47. The van der Waals surface area contributed by atoms with Crippen molar-refractivity contribution in [3.05, 3.63) is 0 Å². The summed E-state index contributed by atoms with van der Waals surface area (Å²) in [7, 11) is 1.73. The Bertz CT molecular complexity index is 128. The third kappa shape index (κ3) is 6.35. The lowest BCUT2D eigenvalue weighted by atomic mass is 10.00. The van der Waals surface area contributed by atoms with Crippen molar-refractivity contribution in [3.8, 4) is 0 Å². The first-order chi connectivity index (χ1) is 6.61.